The average Bonchev–Trinajstić information content (AvgIpc) is 3.03. The maximum atomic E-state index is 12.2. The van der Waals surface area contributed by atoms with Crippen molar-refractivity contribution in [2.45, 2.75) is 38.8 Å². The van der Waals surface area contributed by atoms with Crippen LogP contribution in [-0.4, -0.2) is 33.9 Å². The highest BCUT2D eigenvalue weighted by Crippen LogP contribution is 2.17. The van der Waals surface area contributed by atoms with Gasteiger partial charge in [-0.05, 0) is 30.0 Å². The summed E-state index contributed by atoms with van der Waals surface area (Å²) in [5.41, 5.74) is 2.13. The Balaban J connectivity index is 1.25. The van der Waals surface area contributed by atoms with Crippen molar-refractivity contribution in [1.82, 2.24) is 20.1 Å². The molecule has 0 unspecified atom stereocenters. The van der Waals surface area contributed by atoms with Gasteiger partial charge in [-0.2, -0.15) is 5.10 Å². The minimum Gasteiger partial charge on any atom is -0.357 e. The number of aromatic nitrogens is 3. The molecule has 7 heteroatoms. The van der Waals surface area contributed by atoms with Crippen LogP contribution in [0.3, 0.4) is 0 Å². The highest BCUT2D eigenvalue weighted by atomic mass is 16.2. The van der Waals surface area contributed by atoms with Crippen LogP contribution in [-0.2, 0) is 13.1 Å². The molecule has 1 aliphatic heterocycles. The van der Waals surface area contributed by atoms with Crippen molar-refractivity contribution in [3.05, 3.63) is 72.1 Å². The summed E-state index contributed by atoms with van der Waals surface area (Å²) in [4.78, 5) is 19.1. The van der Waals surface area contributed by atoms with Crippen molar-refractivity contribution in [3.63, 3.8) is 0 Å². The Kier molecular flexibility index (Phi) is 6.59. The lowest BCUT2D eigenvalue weighted by Gasteiger charge is -2.21. The summed E-state index contributed by atoms with van der Waals surface area (Å²) in [5.74, 6) is 1.55. The van der Waals surface area contributed by atoms with E-state index in [1.54, 1.807) is 10.7 Å². The van der Waals surface area contributed by atoms with Crippen molar-refractivity contribution in [1.29, 1.82) is 0 Å². The number of benzene rings is 1. The van der Waals surface area contributed by atoms with Gasteiger partial charge in [0.15, 0.2) is 5.82 Å². The van der Waals surface area contributed by atoms with Gasteiger partial charge in [0.2, 0.25) is 0 Å². The summed E-state index contributed by atoms with van der Waals surface area (Å²) < 4.78 is 1.80. The van der Waals surface area contributed by atoms with E-state index in [-0.39, 0.29) is 6.03 Å². The van der Waals surface area contributed by atoms with Gasteiger partial charge >= 0.3 is 6.03 Å². The molecule has 156 valence electrons. The summed E-state index contributed by atoms with van der Waals surface area (Å²) in [6, 6.07) is 15.7. The number of hydrogen-bond donors (Lipinski definition) is 2. The van der Waals surface area contributed by atoms with Gasteiger partial charge in [0.25, 0.3) is 0 Å². The van der Waals surface area contributed by atoms with Gasteiger partial charge in [-0.1, -0.05) is 49.2 Å². The number of carbonyl (C=O) groups excluding carboxylic acids is 1. The van der Waals surface area contributed by atoms with Gasteiger partial charge in [0, 0.05) is 38.1 Å². The molecule has 3 heterocycles. The first kappa shape index (κ1) is 19.9. The molecular formula is C23H28N6O. The first-order valence-corrected chi connectivity index (χ1v) is 10.6. The third-order valence-corrected chi connectivity index (χ3v) is 5.26. The standard InChI is InChI=1S/C23H28N6O/c30-23(26-21-12-15-29(27-21)18-19-8-4-3-5-9-19)25-17-20-10-11-22(24-16-20)28-13-6-1-2-7-14-28/h3-5,8-12,15-16H,1-2,6-7,13-14,17-18H2,(H2,25,26,27,30). The van der Waals surface area contributed by atoms with Crippen molar-refractivity contribution in [2.75, 3.05) is 23.3 Å². The molecule has 30 heavy (non-hydrogen) atoms. The number of pyridine rings is 1. The second-order valence-corrected chi connectivity index (χ2v) is 7.62. The molecule has 1 saturated heterocycles. The van der Waals surface area contributed by atoms with Crippen molar-refractivity contribution in [3.8, 4) is 0 Å². The van der Waals surface area contributed by atoms with Gasteiger partial charge < -0.3 is 10.2 Å². The summed E-state index contributed by atoms with van der Waals surface area (Å²) >= 11 is 0. The molecule has 0 spiro atoms. The van der Waals surface area contributed by atoms with Gasteiger partial charge in [-0.25, -0.2) is 9.78 Å². The van der Waals surface area contributed by atoms with E-state index in [4.69, 9.17) is 0 Å². The lowest BCUT2D eigenvalue weighted by Crippen LogP contribution is -2.28. The second-order valence-electron chi connectivity index (χ2n) is 7.62. The van der Waals surface area contributed by atoms with Crippen LogP contribution in [0.15, 0.2) is 60.9 Å². The van der Waals surface area contributed by atoms with Crippen LogP contribution < -0.4 is 15.5 Å². The van der Waals surface area contributed by atoms with Crippen LogP contribution in [0.4, 0.5) is 16.4 Å². The third kappa shape index (κ3) is 5.59. The van der Waals surface area contributed by atoms with Crippen LogP contribution in [0.1, 0.15) is 36.8 Å². The van der Waals surface area contributed by atoms with E-state index >= 15 is 0 Å². The van der Waals surface area contributed by atoms with E-state index in [1.807, 2.05) is 54.9 Å². The number of anilines is 2. The Morgan fingerprint density at radius 3 is 2.47 bits per heavy atom. The molecule has 0 atom stereocenters. The lowest BCUT2D eigenvalue weighted by atomic mass is 10.2. The van der Waals surface area contributed by atoms with Crippen LogP contribution in [0.5, 0.6) is 0 Å². The quantitative estimate of drug-likeness (QED) is 0.650. The molecule has 1 fully saturated rings. The summed E-state index contributed by atoms with van der Waals surface area (Å²) in [6.07, 6.45) is 8.76. The molecule has 2 N–H and O–H groups in total. The van der Waals surface area contributed by atoms with Crippen molar-refractivity contribution in [2.24, 2.45) is 0 Å². The van der Waals surface area contributed by atoms with Crippen LogP contribution in [0.2, 0.25) is 0 Å². The van der Waals surface area contributed by atoms with Gasteiger partial charge in [0.05, 0.1) is 6.54 Å². The fourth-order valence-electron chi connectivity index (χ4n) is 3.64. The number of nitrogens with zero attached hydrogens (tertiary/aromatic N) is 4. The van der Waals surface area contributed by atoms with E-state index in [0.717, 1.165) is 30.0 Å². The van der Waals surface area contributed by atoms with Crippen molar-refractivity contribution >= 4 is 17.7 Å². The first-order valence-electron chi connectivity index (χ1n) is 10.6. The van der Waals surface area contributed by atoms with E-state index in [0.29, 0.717) is 18.9 Å². The molecular weight excluding hydrogens is 376 g/mol. The fraction of sp³-hybridized carbons (Fsp3) is 0.348. The number of hydrogen-bond acceptors (Lipinski definition) is 4. The highest BCUT2D eigenvalue weighted by molar-refractivity contribution is 5.88. The third-order valence-electron chi connectivity index (χ3n) is 5.26. The molecule has 3 aromatic rings. The number of nitrogens with one attached hydrogen (secondary N) is 2. The second kappa shape index (κ2) is 9.91. The molecule has 7 nitrogen and oxygen atoms in total. The molecule has 4 rings (SSSR count). The van der Waals surface area contributed by atoms with E-state index in [2.05, 4.69) is 25.6 Å². The minimum atomic E-state index is -0.281. The molecule has 1 aromatic carbocycles. The predicted molar refractivity (Wildman–Crippen MR) is 119 cm³/mol. The topological polar surface area (TPSA) is 75.1 Å². The zero-order valence-electron chi connectivity index (χ0n) is 17.1. The number of urea groups is 1. The van der Waals surface area contributed by atoms with Crippen molar-refractivity contribution < 1.29 is 4.79 Å². The Labute approximate surface area is 177 Å². The largest absolute Gasteiger partial charge is 0.357 e. The number of carbonyl (C=O) groups is 1. The Hall–Kier alpha value is -3.35. The molecule has 0 aliphatic carbocycles. The fourth-order valence-corrected chi connectivity index (χ4v) is 3.64. The molecule has 0 bridgehead atoms. The minimum absolute atomic E-state index is 0.281. The van der Waals surface area contributed by atoms with Crippen LogP contribution >= 0.6 is 0 Å². The zero-order chi connectivity index (χ0) is 20.6. The number of amides is 2. The SMILES string of the molecule is O=C(NCc1ccc(N2CCCCCC2)nc1)Nc1ccn(Cc2ccccc2)n1. The van der Waals surface area contributed by atoms with E-state index < -0.39 is 0 Å². The smallest absolute Gasteiger partial charge is 0.320 e. The number of rotatable bonds is 6. The summed E-state index contributed by atoms with van der Waals surface area (Å²) in [5, 5.41) is 10.0. The monoisotopic (exact) mass is 404 g/mol. The molecule has 1 aliphatic rings. The van der Waals surface area contributed by atoms with Gasteiger partial charge in [-0.15, -0.1) is 0 Å². The van der Waals surface area contributed by atoms with E-state index in [9.17, 15) is 4.79 Å². The molecule has 0 saturated carbocycles. The van der Waals surface area contributed by atoms with Crippen LogP contribution in [0, 0.1) is 0 Å². The Morgan fingerprint density at radius 1 is 0.933 bits per heavy atom. The normalized spacial score (nSPS) is 14.2. The van der Waals surface area contributed by atoms with Gasteiger partial charge in [-0.3, -0.25) is 10.00 Å². The Bertz CT molecular complexity index is 930. The molecule has 2 aromatic heterocycles. The first-order chi connectivity index (χ1) is 14.8. The van der Waals surface area contributed by atoms with E-state index in [1.165, 1.54) is 25.7 Å². The Morgan fingerprint density at radius 2 is 1.73 bits per heavy atom. The molecule has 0 radical (unpaired) electrons. The summed E-state index contributed by atoms with van der Waals surface area (Å²) in [7, 11) is 0. The van der Waals surface area contributed by atoms with Gasteiger partial charge in [0.1, 0.15) is 5.82 Å². The maximum Gasteiger partial charge on any atom is 0.320 e. The van der Waals surface area contributed by atoms with Crippen LogP contribution in [0.25, 0.3) is 0 Å². The maximum absolute atomic E-state index is 12.2. The summed E-state index contributed by atoms with van der Waals surface area (Å²) in [6.45, 7) is 3.23. The molecule has 2 amide bonds. The zero-order valence-corrected chi connectivity index (χ0v) is 17.1. The lowest BCUT2D eigenvalue weighted by molar-refractivity contribution is 0.251. The average molecular weight is 405 g/mol. The highest BCUT2D eigenvalue weighted by Gasteiger charge is 2.11. The predicted octanol–water partition coefficient (Wildman–Crippen LogP) is 4.03.